The van der Waals surface area contributed by atoms with E-state index in [-0.39, 0.29) is 34.2 Å². The molecule has 0 radical (unpaired) electrons. The number of hydrogen-bond acceptors (Lipinski definition) is 7. The molecule has 186 valence electrons. The Labute approximate surface area is 213 Å². The number of carbonyl (C=O) groups is 1. The van der Waals surface area contributed by atoms with E-state index in [4.69, 9.17) is 4.42 Å². The van der Waals surface area contributed by atoms with E-state index in [0.717, 1.165) is 6.07 Å². The van der Waals surface area contributed by atoms with Crippen molar-refractivity contribution >= 4 is 45.5 Å². The van der Waals surface area contributed by atoms with E-state index >= 15 is 0 Å². The lowest BCUT2D eigenvalue weighted by Gasteiger charge is -2.28. The summed E-state index contributed by atoms with van der Waals surface area (Å²) < 4.78 is 33.9. The highest BCUT2D eigenvalue weighted by molar-refractivity contribution is 7.92. The summed E-state index contributed by atoms with van der Waals surface area (Å²) in [7, 11) is -4.24. The molecule has 0 saturated heterocycles. The van der Waals surface area contributed by atoms with Crippen molar-refractivity contribution in [2.24, 2.45) is 0 Å². The average Bonchev–Trinajstić information content (AvgIpc) is 3.40. The number of sulfonamides is 1. The van der Waals surface area contributed by atoms with Gasteiger partial charge in [0.15, 0.2) is 0 Å². The number of amides is 1. The predicted octanol–water partition coefficient (Wildman–Crippen LogP) is 5.21. The summed E-state index contributed by atoms with van der Waals surface area (Å²) in [5, 5.41) is 11.1. The Balaban J connectivity index is 0.00000361. The number of rotatable bonds is 8. The molecule has 0 bridgehead atoms. The van der Waals surface area contributed by atoms with Gasteiger partial charge in [0.2, 0.25) is 0 Å². The monoisotopic (exact) mass is 528 g/mol. The van der Waals surface area contributed by atoms with Gasteiger partial charge in [-0.2, -0.15) is 0 Å². The van der Waals surface area contributed by atoms with E-state index in [2.05, 4.69) is 9.71 Å². The number of benzene rings is 2. The number of nitro benzene ring substituents is 1. The molecule has 2 heterocycles. The summed E-state index contributed by atoms with van der Waals surface area (Å²) in [5.74, 6) is 0.335. The number of pyridine rings is 1. The lowest BCUT2D eigenvalue weighted by atomic mass is 10.1. The highest BCUT2D eigenvalue weighted by Crippen LogP contribution is 2.30. The molecule has 0 aliphatic rings. The van der Waals surface area contributed by atoms with Gasteiger partial charge in [0.25, 0.3) is 21.6 Å². The number of nitro groups is 1. The van der Waals surface area contributed by atoms with Gasteiger partial charge in [0.1, 0.15) is 11.6 Å². The van der Waals surface area contributed by atoms with Crippen LogP contribution in [-0.4, -0.2) is 24.2 Å². The minimum atomic E-state index is -4.24. The van der Waals surface area contributed by atoms with Crippen LogP contribution in [0.2, 0.25) is 0 Å². The first-order chi connectivity index (χ1) is 16.8. The summed E-state index contributed by atoms with van der Waals surface area (Å²) in [6.07, 6.45) is 3.04. The number of non-ortho nitro benzene ring substituents is 1. The van der Waals surface area contributed by atoms with Crippen molar-refractivity contribution < 1.29 is 22.6 Å². The second-order valence-corrected chi connectivity index (χ2v) is 9.14. The molecule has 0 aliphatic heterocycles. The maximum Gasteiger partial charge on any atom is 0.270 e. The van der Waals surface area contributed by atoms with Crippen molar-refractivity contribution in [3.05, 3.63) is 113 Å². The fourth-order valence-corrected chi connectivity index (χ4v) is 4.61. The van der Waals surface area contributed by atoms with Crippen LogP contribution >= 0.6 is 12.4 Å². The average molecular weight is 529 g/mol. The first-order valence-electron chi connectivity index (χ1n) is 10.4. The van der Waals surface area contributed by atoms with Crippen molar-refractivity contribution in [1.82, 2.24) is 4.98 Å². The lowest BCUT2D eigenvalue weighted by molar-refractivity contribution is -0.385. The van der Waals surface area contributed by atoms with Crippen LogP contribution in [0, 0.1) is 10.1 Å². The van der Waals surface area contributed by atoms with Gasteiger partial charge in [-0.25, -0.2) is 13.4 Å². The molecule has 0 aliphatic carbocycles. The Morgan fingerprint density at radius 1 is 1.06 bits per heavy atom. The van der Waals surface area contributed by atoms with Gasteiger partial charge in [-0.1, -0.05) is 24.3 Å². The first-order valence-corrected chi connectivity index (χ1v) is 11.9. The molecule has 1 amide bonds. The van der Waals surface area contributed by atoms with Gasteiger partial charge < -0.3 is 4.42 Å². The third-order valence-electron chi connectivity index (χ3n) is 5.20. The van der Waals surface area contributed by atoms with E-state index in [1.807, 2.05) is 0 Å². The third-order valence-corrected chi connectivity index (χ3v) is 6.56. The number of aromatic nitrogens is 1. The quantitative estimate of drug-likeness (QED) is 0.245. The molecule has 10 nitrogen and oxygen atoms in total. The highest BCUT2D eigenvalue weighted by atomic mass is 35.5. The molecule has 4 rings (SSSR count). The van der Waals surface area contributed by atoms with E-state index in [9.17, 15) is 23.3 Å². The minimum absolute atomic E-state index is 0. The molecule has 2 aromatic heterocycles. The van der Waals surface area contributed by atoms with Crippen LogP contribution in [0.5, 0.6) is 0 Å². The molecule has 0 fully saturated rings. The molecule has 1 N–H and O–H groups in total. The minimum Gasteiger partial charge on any atom is -0.467 e. The van der Waals surface area contributed by atoms with Gasteiger partial charge in [0, 0.05) is 18.3 Å². The topological polar surface area (TPSA) is 136 Å². The Morgan fingerprint density at radius 2 is 1.81 bits per heavy atom. The highest BCUT2D eigenvalue weighted by Gasteiger charge is 2.29. The molecule has 0 saturated carbocycles. The molecule has 12 heteroatoms. The second kappa shape index (κ2) is 11.0. The maximum absolute atomic E-state index is 13.8. The molecular weight excluding hydrogens is 508 g/mol. The van der Waals surface area contributed by atoms with Crippen LogP contribution in [0.4, 0.5) is 17.2 Å². The number of halogens is 1. The van der Waals surface area contributed by atoms with Gasteiger partial charge >= 0.3 is 0 Å². The van der Waals surface area contributed by atoms with Crippen molar-refractivity contribution in [3.63, 3.8) is 0 Å². The van der Waals surface area contributed by atoms with Crippen LogP contribution < -0.4 is 9.62 Å². The van der Waals surface area contributed by atoms with E-state index in [1.165, 1.54) is 41.5 Å². The molecule has 4 aromatic rings. The van der Waals surface area contributed by atoms with Gasteiger partial charge in [-0.3, -0.25) is 24.5 Å². The number of carbonyl (C=O) groups excluding carboxylic acids is 1. The number of nitrogens with one attached hydrogen (secondary N) is 1. The van der Waals surface area contributed by atoms with Crippen molar-refractivity contribution in [3.8, 4) is 0 Å². The summed E-state index contributed by atoms with van der Waals surface area (Å²) in [5.41, 5.74) is -0.298. The number of para-hydroxylation sites is 1. The normalized spacial score (nSPS) is 11.7. The standard InChI is InChI=1S/C24H20N4O6S.ClH/c1-17(22-12-7-15-34-22)27(23-13-4-5-14-25-23)24(29)20-10-2-3-11-21(20)26-35(32,33)19-9-6-8-18(16-19)28(30)31;/h2-17,26H,1H3;1H. The zero-order chi connectivity index (χ0) is 25.0. The van der Waals surface area contributed by atoms with Crippen LogP contribution in [0.15, 0.2) is 101 Å². The predicted molar refractivity (Wildman–Crippen MR) is 136 cm³/mol. The Hall–Kier alpha value is -4.22. The summed E-state index contributed by atoms with van der Waals surface area (Å²) in [6.45, 7) is 1.77. The molecule has 1 unspecified atom stereocenters. The van der Waals surface area contributed by atoms with Crippen LogP contribution in [0.3, 0.4) is 0 Å². The SMILES string of the molecule is CC(c1ccco1)N(C(=O)c1ccccc1NS(=O)(=O)c1cccc([N+](=O)[O-])c1)c1ccccn1.Cl. The number of anilines is 2. The Morgan fingerprint density at radius 3 is 2.47 bits per heavy atom. The number of hydrogen-bond donors (Lipinski definition) is 1. The smallest absolute Gasteiger partial charge is 0.270 e. The van der Waals surface area contributed by atoms with E-state index in [0.29, 0.717) is 11.6 Å². The fourth-order valence-electron chi connectivity index (χ4n) is 3.49. The fraction of sp³-hybridized carbons (Fsp3) is 0.0833. The zero-order valence-corrected chi connectivity index (χ0v) is 20.5. The Kier molecular flexibility index (Phi) is 8.07. The maximum atomic E-state index is 13.8. The van der Waals surface area contributed by atoms with E-state index in [1.54, 1.807) is 55.6 Å². The van der Waals surface area contributed by atoms with Gasteiger partial charge in [-0.15, -0.1) is 12.4 Å². The van der Waals surface area contributed by atoms with Gasteiger partial charge in [-0.05, 0) is 49.4 Å². The zero-order valence-electron chi connectivity index (χ0n) is 18.8. The van der Waals surface area contributed by atoms with Crippen molar-refractivity contribution in [2.75, 3.05) is 9.62 Å². The number of nitrogens with zero attached hydrogens (tertiary/aromatic N) is 3. The lowest BCUT2D eigenvalue weighted by Crippen LogP contribution is -2.34. The van der Waals surface area contributed by atoms with Crippen LogP contribution in [-0.2, 0) is 10.0 Å². The second-order valence-electron chi connectivity index (χ2n) is 7.46. The Bertz CT molecular complexity index is 1460. The van der Waals surface area contributed by atoms with Crippen molar-refractivity contribution in [1.29, 1.82) is 0 Å². The van der Waals surface area contributed by atoms with Crippen molar-refractivity contribution in [2.45, 2.75) is 17.9 Å². The number of furan rings is 1. The molecule has 0 spiro atoms. The van der Waals surface area contributed by atoms with Crippen LogP contribution in [0.1, 0.15) is 29.1 Å². The summed E-state index contributed by atoms with van der Waals surface area (Å²) in [4.78, 5) is 29.6. The van der Waals surface area contributed by atoms with Crippen LogP contribution in [0.25, 0.3) is 0 Å². The molecule has 2 aromatic carbocycles. The molecular formula is C24H21ClN4O6S. The molecule has 1 atom stereocenters. The third kappa shape index (κ3) is 5.53. The summed E-state index contributed by atoms with van der Waals surface area (Å²) >= 11 is 0. The van der Waals surface area contributed by atoms with Gasteiger partial charge in [0.05, 0.1) is 33.4 Å². The summed E-state index contributed by atoms with van der Waals surface area (Å²) in [6, 6.07) is 18.7. The molecule has 36 heavy (non-hydrogen) atoms. The largest absolute Gasteiger partial charge is 0.467 e. The first kappa shape index (κ1) is 26.4. The van der Waals surface area contributed by atoms with E-state index < -0.39 is 26.9 Å².